The van der Waals surface area contributed by atoms with E-state index < -0.39 is 22.6 Å². The number of nitrogens with zero attached hydrogens (tertiary/aromatic N) is 2. The Balaban J connectivity index is 1.79. The summed E-state index contributed by atoms with van der Waals surface area (Å²) in [4.78, 5) is 26.1. The second kappa shape index (κ2) is 10.9. The summed E-state index contributed by atoms with van der Waals surface area (Å²) in [5.74, 6) is -0.607. The van der Waals surface area contributed by atoms with Gasteiger partial charge >= 0.3 is 5.97 Å². The minimum absolute atomic E-state index is 0.0102. The lowest BCUT2D eigenvalue weighted by Gasteiger charge is -2.26. The Morgan fingerprint density at radius 2 is 1.76 bits per heavy atom. The van der Waals surface area contributed by atoms with Crippen molar-refractivity contribution in [2.75, 3.05) is 58.5 Å². The molecule has 1 heterocycles. The molecule has 0 radical (unpaired) electrons. The van der Waals surface area contributed by atoms with E-state index in [2.05, 4.69) is 0 Å². The van der Waals surface area contributed by atoms with Gasteiger partial charge in [-0.15, -0.1) is 0 Å². The third-order valence-corrected chi connectivity index (χ3v) is 7.27. The highest BCUT2D eigenvalue weighted by molar-refractivity contribution is 7.92. The summed E-state index contributed by atoms with van der Waals surface area (Å²) in [6.45, 7) is 1.26. The first-order chi connectivity index (χ1) is 16.2. The molecule has 0 N–H and O–H groups in total. The van der Waals surface area contributed by atoms with Crippen molar-refractivity contribution in [3.05, 3.63) is 47.0 Å². The smallest absolute Gasteiger partial charge is 0.338 e. The maximum absolute atomic E-state index is 13.3. The third-order valence-electron chi connectivity index (χ3n) is 5.21. The number of halogens is 1. The highest BCUT2D eigenvalue weighted by Gasteiger charge is 2.26. The van der Waals surface area contributed by atoms with Crippen LogP contribution in [0.2, 0.25) is 5.02 Å². The number of amides is 1. The lowest BCUT2D eigenvalue weighted by Crippen LogP contribution is -2.42. The summed E-state index contributed by atoms with van der Waals surface area (Å²) >= 11 is 6.18. The zero-order valence-corrected chi connectivity index (χ0v) is 20.5. The number of benzene rings is 2. The van der Waals surface area contributed by atoms with Gasteiger partial charge in [-0.1, -0.05) is 17.7 Å². The molecule has 1 aliphatic heterocycles. The van der Waals surface area contributed by atoms with Gasteiger partial charge in [0.1, 0.15) is 11.5 Å². The minimum atomic E-state index is -4.11. The van der Waals surface area contributed by atoms with E-state index in [1.165, 1.54) is 57.7 Å². The number of anilines is 1. The summed E-state index contributed by atoms with van der Waals surface area (Å²) in [6.07, 6.45) is 0. The maximum atomic E-state index is 13.3. The van der Waals surface area contributed by atoms with Crippen molar-refractivity contribution >= 4 is 39.2 Å². The molecule has 0 spiro atoms. The Morgan fingerprint density at radius 3 is 2.41 bits per heavy atom. The number of methoxy groups -OCH3 is 2. The Morgan fingerprint density at radius 1 is 1.09 bits per heavy atom. The summed E-state index contributed by atoms with van der Waals surface area (Å²) in [7, 11) is 0.0477. The topological polar surface area (TPSA) is 112 Å². The Kier molecular flexibility index (Phi) is 8.24. The van der Waals surface area contributed by atoms with Crippen molar-refractivity contribution in [1.29, 1.82) is 0 Å². The number of ether oxygens (including phenoxy) is 4. The fourth-order valence-corrected chi connectivity index (χ4v) is 4.76. The minimum Gasteiger partial charge on any atom is -0.495 e. The SMILES string of the molecule is COc1cc(OC)c(N(C)S(=O)(=O)c2cccc(C(=O)OCC(=O)N3CCOCC3)c2)cc1Cl. The first kappa shape index (κ1) is 25.6. The highest BCUT2D eigenvalue weighted by Crippen LogP contribution is 2.39. The Bertz CT molecular complexity index is 1170. The molecule has 184 valence electrons. The van der Waals surface area contributed by atoms with Gasteiger partial charge in [-0.2, -0.15) is 0 Å². The van der Waals surface area contributed by atoms with Crippen molar-refractivity contribution < 1.29 is 37.0 Å². The summed E-state index contributed by atoms with van der Waals surface area (Å²) in [5.41, 5.74) is 0.168. The van der Waals surface area contributed by atoms with Gasteiger partial charge in [0.15, 0.2) is 6.61 Å². The van der Waals surface area contributed by atoms with Crippen LogP contribution in [0.15, 0.2) is 41.3 Å². The molecule has 0 unspecified atom stereocenters. The third kappa shape index (κ3) is 5.54. The lowest BCUT2D eigenvalue weighted by atomic mass is 10.2. The largest absolute Gasteiger partial charge is 0.495 e. The normalized spacial score (nSPS) is 13.8. The van der Waals surface area contributed by atoms with Gasteiger partial charge in [-0.05, 0) is 24.3 Å². The Hall–Kier alpha value is -3.02. The number of carbonyl (C=O) groups is 2. The predicted molar refractivity (Wildman–Crippen MR) is 124 cm³/mol. The average Bonchev–Trinajstić information content (AvgIpc) is 2.86. The van der Waals surface area contributed by atoms with E-state index in [9.17, 15) is 18.0 Å². The van der Waals surface area contributed by atoms with Crippen LogP contribution >= 0.6 is 11.6 Å². The van der Waals surface area contributed by atoms with E-state index in [-0.39, 0.29) is 32.8 Å². The monoisotopic (exact) mass is 512 g/mol. The second-order valence-corrected chi connectivity index (χ2v) is 9.60. The molecule has 0 bridgehead atoms. The average molecular weight is 513 g/mol. The maximum Gasteiger partial charge on any atom is 0.338 e. The molecule has 1 fully saturated rings. The van der Waals surface area contributed by atoms with Gasteiger partial charge in [-0.25, -0.2) is 13.2 Å². The van der Waals surface area contributed by atoms with E-state index in [1.807, 2.05) is 0 Å². The fourth-order valence-electron chi connectivity index (χ4n) is 3.28. The quantitative estimate of drug-likeness (QED) is 0.495. The Labute approximate surface area is 202 Å². The van der Waals surface area contributed by atoms with Gasteiger partial charge in [0, 0.05) is 26.2 Å². The van der Waals surface area contributed by atoms with Crippen molar-refractivity contribution in [1.82, 2.24) is 4.90 Å². The first-order valence-electron chi connectivity index (χ1n) is 10.2. The molecule has 34 heavy (non-hydrogen) atoms. The van der Waals surface area contributed by atoms with Crippen molar-refractivity contribution in [3.63, 3.8) is 0 Å². The van der Waals surface area contributed by atoms with E-state index >= 15 is 0 Å². The van der Waals surface area contributed by atoms with E-state index in [0.717, 1.165) is 4.31 Å². The zero-order chi connectivity index (χ0) is 24.9. The molecule has 10 nitrogen and oxygen atoms in total. The highest BCUT2D eigenvalue weighted by atomic mass is 35.5. The number of hydrogen-bond acceptors (Lipinski definition) is 8. The molecule has 0 aromatic heterocycles. The van der Waals surface area contributed by atoms with E-state index in [1.54, 1.807) is 4.90 Å². The molecule has 2 aromatic rings. The summed E-state index contributed by atoms with van der Waals surface area (Å²) in [5, 5.41) is 0.197. The molecule has 12 heteroatoms. The van der Waals surface area contributed by atoms with Gasteiger partial charge < -0.3 is 23.8 Å². The molecule has 0 saturated carbocycles. The van der Waals surface area contributed by atoms with Crippen LogP contribution in [0.1, 0.15) is 10.4 Å². The lowest BCUT2D eigenvalue weighted by molar-refractivity contribution is -0.138. The summed E-state index contributed by atoms with van der Waals surface area (Å²) in [6, 6.07) is 8.24. The number of hydrogen-bond donors (Lipinski definition) is 0. The van der Waals surface area contributed by atoms with Crippen LogP contribution in [-0.2, 0) is 24.3 Å². The standard InChI is InChI=1S/C22H25ClN2O8S/c1-24(18-12-17(23)19(30-2)13-20(18)31-3)34(28,29)16-6-4-5-15(11-16)22(27)33-14-21(26)25-7-9-32-10-8-25/h4-6,11-13H,7-10,14H2,1-3H3. The van der Waals surface area contributed by atoms with E-state index in [4.69, 9.17) is 30.5 Å². The van der Waals surface area contributed by atoms with Crippen LogP contribution in [0.5, 0.6) is 11.5 Å². The molecular formula is C22H25ClN2O8S. The van der Waals surface area contributed by atoms with Crippen LogP contribution in [0.25, 0.3) is 0 Å². The van der Waals surface area contributed by atoms with Crippen LogP contribution < -0.4 is 13.8 Å². The van der Waals surface area contributed by atoms with E-state index in [0.29, 0.717) is 32.1 Å². The first-order valence-corrected chi connectivity index (χ1v) is 12.0. The number of carbonyl (C=O) groups excluding carboxylic acids is 2. The molecule has 1 amide bonds. The molecule has 0 atom stereocenters. The molecular weight excluding hydrogens is 488 g/mol. The molecule has 3 rings (SSSR count). The van der Waals surface area contributed by atoms with Crippen LogP contribution in [0.3, 0.4) is 0 Å². The van der Waals surface area contributed by atoms with Gasteiger partial charge in [0.2, 0.25) is 0 Å². The van der Waals surface area contributed by atoms with Crippen molar-refractivity contribution in [3.8, 4) is 11.5 Å². The zero-order valence-electron chi connectivity index (χ0n) is 18.9. The molecule has 2 aromatic carbocycles. The van der Waals surface area contributed by atoms with Crippen molar-refractivity contribution in [2.24, 2.45) is 0 Å². The number of sulfonamides is 1. The van der Waals surface area contributed by atoms with Gasteiger partial charge in [0.25, 0.3) is 15.9 Å². The molecule has 0 aliphatic carbocycles. The van der Waals surface area contributed by atoms with Crippen LogP contribution in [0, 0.1) is 0 Å². The van der Waals surface area contributed by atoms with Crippen LogP contribution in [0.4, 0.5) is 5.69 Å². The molecule has 1 saturated heterocycles. The van der Waals surface area contributed by atoms with Crippen molar-refractivity contribution in [2.45, 2.75) is 4.90 Å². The molecule has 1 aliphatic rings. The predicted octanol–water partition coefficient (Wildman–Crippen LogP) is 2.20. The van der Waals surface area contributed by atoms with Gasteiger partial charge in [-0.3, -0.25) is 9.10 Å². The number of rotatable bonds is 8. The number of esters is 1. The van der Waals surface area contributed by atoms with Gasteiger partial charge in [0.05, 0.1) is 48.6 Å². The summed E-state index contributed by atoms with van der Waals surface area (Å²) < 4.78 is 48.3. The number of morpholine rings is 1. The van der Waals surface area contributed by atoms with Crippen LogP contribution in [-0.4, -0.2) is 79.4 Å². The fraction of sp³-hybridized carbons (Fsp3) is 0.364. The second-order valence-electron chi connectivity index (χ2n) is 7.23.